The number of hydrogen-bond acceptors (Lipinski definition) is 3. The Morgan fingerprint density at radius 2 is 2.18 bits per heavy atom. The van der Waals surface area contributed by atoms with Crippen LogP contribution in [0.25, 0.3) is 11.3 Å². The summed E-state index contributed by atoms with van der Waals surface area (Å²) in [6.07, 6.45) is 0. The molecule has 1 aromatic heterocycles. The van der Waals surface area contributed by atoms with Crippen molar-refractivity contribution in [3.8, 4) is 17.0 Å². The number of nitrogens with two attached hydrogens (primary N) is 1. The van der Waals surface area contributed by atoms with Gasteiger partial charge in [0, 0.05) is 12.6 Å². The maximum atomic E-state index is 13.3. The van der Waals surface area contributed by atoms with Crippen molar-refractivity contribution in [3.63, 3.8) is 0 Å². The number of ether oxygens (including phenoxy) is 1. The quantitative estimate of drug-likeness (QED) is 0.927. The van der Waals surface area contributed by atoms with Crippen molar-refractivity contribution in [1.29, 1.82) is 0 Å². The van der Waals surface area contributed by atoms with Gasteiger partial charge < -0.3 is 10.5 Å². The number of nitrogens with zero attached hydrogens (tertiary/aromatic N) is 2. The molecule has 0 unspecified atom stereocenters. The number of methoxy groups -OCH3 is 1. The summed E-state index contributed by atoms with van der Waals surface area (Å²) in [5.41, 5.74) is 6.98. The highest BCUT2D eigenvalue weighted by atomic mass is 79.9. The molecule has 2 aromatic rings. The fraction of sp³-hybridized carbons (Fsp3) is 0.182. The van der Waals surface area contributed by atoms with E-state index >= 15 is 0 Å². The van der Waals surface area contributed by atoms with E-state index in [0.717, 1.165) is 0 Å². The van der Waals surface area contributed by atoms with E-state index in [4.69, 9.17) is 10.5 Å². The standard InChI is InChI=1S/C11H11BrFN3O/c1-16-10(9(12)11(14)15-16)7-5-6(13)3-4-8(7)17-2/h3-5H,1-2H3,(H2,14,15). The Morgan fingerprint density at radius 3 is 2.71 bits per heavy atom. The molecule has 4 nitrogen and oxygen atoms in total. The van der Waals surface area contributed by atoms with Crippen molar-refractivity contribution >= 4 is 21.7 Å². The van der Waals surface area contributed by atoms with Crippen LogP contribution in [0, 0.1) is 5.82 Å². The minimum Gasteiger partial charge on any atom is -0.496 e. The van der Waals surface area contributed by atoms with Gasteiger partial charge in [-0.2, -0.15) is 5.10 Å². The van der Waals surface area contributed by atoms with Crippen LogP contribution in [-0.2, 0) is 7.05 Å². The summed E-state index contributed by atoms with van der Waals surface area (Å²) < 4.78 is 20.7. The first kappa shape index (κ1) is 11.9. The molecule has 0 radical (unpaired) electrons. The number of rotatable bonds is 2. The van der Waals surface area contributed by atoms with Gasteiger partial charge in [-0.25, -0.2) is 4.39 Å². The van der Waals surface area contributed by atoms with Crippen molar-refractivity contribution in [2.24, 2.45) is 7.05 Å². The normalized spacial score (nSPS) is 10.6. The van der Waals surface area contributed by atoms with Crippen molar-refractivity contribution < 1.29 is 9.13 Å². The summed E-state index contributed by atoms with van der Waals surface area (Å²) in [5, 5.41) is 4.06. The molecule has 0 aliphatic carbocycles. The van der Waals surface area contributed by atoms with Gasteiger partial charge in [-0.1, -0.05) is 0 Å². The molecule has 0 atom stereocenters. The highest BCUT2D eigenvalue weighted by molar-refractivity contribution is 9.10. The molecule has 0 spiro atoms. The lowest BCUT2D eigenvalue weighted by atomic mass is 10.1. The molecule has 2 rings (SSSR count). The summed E-state index contributed by atoms with van der Waals surface area (Å²) in [6.45, 7) is 0. The summed E-state index contributed by atoms with van der Waals surface area (Å²) in [6, 6.07) is 4.30. The third-order valence-electron chi connectivity index (χ3n) is 2.43. The Labute approximate surface area is 106 Å². The maximum Gasteiger partial charge on any atom is 0.160 e. The molecule has 0 saturated heterocycles. The molecule has 1 aromatic carbocycles. The van der Waals surface area contributed by atoms with Gasteiger partial charge >= 0.3 is 0 Å². The summed E-state index contributed by atoms with van der Waals surface area (Å²) in [5.74, 6) is 0.580. The van der Waals surface area contributed by atoms with Crippen LogP contribution >= 0.6 is 15.9 Å². The third-order valence-corrected chi connectivity index (χ3v) is 3.21. The number of halogens is 2. The predicted octanol–water partition coefficient (Wildman–Crippen LogP) is 2.58. The van der Waals surface area contributed by atoms with Crippen LogP contribution in [0.2, 0.25) is 0 Å². The average Bonchev–Trinajstić information content (AvgIpc) is 2.53. The topological polar surface area (TPSA) is 53.1 Å². The summed E-state index contributed by atoms with van der Waals surface area (Å²) in [4.78, 5) is 0. The van der Waals surface area contributed by atoms with Crippen LogP contribution in [0.15, 0.2) is 22.7 Å². The van der Waals surface area contributed by atoms with Crippen LogP contribution in [-0.4, -0.2) is 16.9 Å². The molecule has 1 heterocycles. The first-order valence-corrected chi connectivity index (χ1v) is 5.65. The van der Waals surface area contributed by atoms with Crippen molar-refractivity contribution in [3.05, 3.63) is 28.5 Å². The zero-order valence-corrected chi connectivity index (χ0v) is 11.0. The zero-order valence-electron chi connectivity index (χ0n) is 9.37. The lowest BCUT2D eigenvalue weighted by Crippen LogP contribution is -1.97. The second-order valence-electron chi connectivity index (χ2n) is 3.52. The average molecular weight is 300 g/mol. The Balaban J connectivity index is 2.71. The van der Waals surface area contributed by atoms with E-state index in [9.17, 15) is 4.39 Å². The van der Waals surface area contributed by atoms with Gasteiger partial charge in [0.05, 0.1) is 17.3 Å². The van der Waals surface area contributed by atoms with E-state index in [1.165, 1.54) is 19.2 Å². The van der Waals surface area contributed by atoms with E-state index in [-0.39, 0.29) is 5.82 Å². The molecule has 2 N–H and O–H groups in total. The summed E-state index contributed by atoms with van der Waals surface area (Å²) in [7, 11) is 3.27. The van der Waals surface area contributed by atoms with Crippen LogP contribution in [0.3, 0.4) is 0 Å². The molecule has 0 aliphatic heterocycles. The Morgan fingerprint density at radius 1 is 1.47 bits per heavy atom. The Hall–Kier alpha value is -1.56. The third kappa shape index (κ3) is 2.00. The molecular weight excluding hydrogens is 289 g/mol. The molecule has 6 heteroatoms. The second-order valence-corrected chi connectivity index (χ2v) is 4.31. The van der Waals surface area contributed by atoms with Gasteiger partial charge in [0.2, 0.25) is 0 Å². The number of aryl methyl sites for hydroxylation is 1. The SMILES string of the molecule is COc1ccc(F)cc1-c1c(Br)c(N)nn1C. The molecule has 0 saturated carbocycles. The molecule has 0 bridgehead atoms. The van der Waals surface area contributed by atoms with Gasteiger partial charge in [-0.05, 0) is 34.1 Å². The van der Waals surface area contributed by atoms with Gasteiger partial charge in [0.15, 0.2) is 5.82 Å². The van der Waals surface area contributed by atoms with Crippen LogP contribution in [0.1, 0.15) is 0 Å². The molecule has 0 fully saturated rings. The van der Waals surface area contributed by atoms with Gasteiger partial charge in [-0.15, -0.1) is 0 Å². The molecule has 90 valence electrons. The van der Waals surface area contributed by atoms with E-state index in [2.05, 4.69) is 21.0 Å². The van der Waals surface area contributed by atoms with Crippen LogP contribution in [0.5, 0.6) is 5.75 Å². The lowest BCUT2D eigenvalue weighted by Gasteiger charge is -2.09. The predicted molar refractivity (Wildman–Crippen MR) is 67.3 cm³/mol. The summed E-state index contributed by atoms with van der Waals surface area (Å²) >= 11 is 3.34. The van der Waals surface area contributed by atoms with E-state index in [1.807, 2.05) is 0 Å². The fourth-order valence-electron chi connectivity index (χ4n) is 1.68. The molecule has 0 amide bonds. The first-order valence-electron chi connectivity index (χ1n) is 4.86. The minimum atomic E-state index is -0.340. The number of benzene rings is 1. The number of aromatic nitrogens is 2. The van der Waals surface area contributed by atoms with Crippen molar-refractivity contribution in [2.75, 3.05) is 12.8 Å². The first-order chi connectivity index (χ1) is 8.04. The number of hydrogen-bond donors (Lipinski definition) is 1. The molecule has 0 aliphatic rings. The van der Waals surface area contributed by atoms with Crippen LogP contribution in [0.4, 0.5) is 10.2 Å². The number of anilines is 1. The highest BCUT2D eigenvalue weighted by Gasteiger charge is 2.17. The van der Waals surface area contributed by atoms with E-state index < -0.39 is 0 Å². The molecule has 17 heavy (non-hydrogen) atoms. The smallest absolute Gasteiger partial charge is 0.160 e. The zero-order chi connectivity index (χ0) is 12.6. The van der Waals surface area contributed by atoms with Gasteiger partial charge in [0.1, 0.15) is 11.6 Å². The maximum absolute atomic E-state index is 13.3. The largest absolute Gasteiger partial charge is 0.496 e. The minimum absolute atomic E-state index is 0.340. The monoisotopic (exact) mass is 299 g/mol. The fourth-order valence-corrected chi connectivity index (χ4v) is 2.23. The Bertz CT molecular complexity index is 568. The van der Waals surface area contributed by atoms with Gasteiger partial charge in [-0.3, -0.25) is 4.68 Å². The van der Waals surface area contributed by atoms with Crippen molar-refractivity contribution in [1.82, 2.24) is 9.78 Å². The molecular formula is C11H11BrFN3O. The van der Waals surface area contributed by atoms with E-state index in [1.54, 1.807) is 17.8 Å². The van der Waals surface area contributed by atoms with E-state index in [0.29, 0.717) is 27.3 Å². The van der Waals surface area contributed by atoms with Crippen LogP contribution < -0.4 is 10.5 Å². The lowest BCUT2D eigenvalue weighted by molar-refractivity contribution is 0.415. The number of nitrogen functional groups attached to an aromatic ring is 1. The van der Waals surface area contributed by atoms with Gasteiger partial charge in [0.25, 0.3) is 0 Å². The van der Waals surface area contributed by atoms with Crippen molar-refractivity contribution in [2.45, 2.75) is 0 Å². The highest BCUT2D eigenvalue weighted by Crippen LogP contribution is 2.37. The second kappa shape index (κ2) is 4.37. The Kier molecular flexibility index (Phi) is 3.06.